The molecule has 10 heteroatoms. The van der Waals surface area contributed by atoms with Crippen LogP contribution < -0.4 is 5.32 Å². The third-order valence-electron chi connectivity index (χ3n) is 5.01. The third kappa shape index (κ3) is 4.30. The minimum absolute atomic E-state index is 0.0672. The number of amides is 1. The van der Waals surface area contributed by atoms with Crippen molar-refractivity contribution < 1.29 is 22.7 Å². The second kappa shape index (κ2) is 7.79. The number of rotatable bonds is 3. The van der Waals surface area contributed by atoms with Gasteiger partial charge >= 0.3 is 6.18 Å². The molecule has 2 heterocycles. The Hall–Kier alpha value is -2.39. The number of halogens is 4. The molecular weight excluding hydrogens is 409 g/mol. The second-order valence-electron chi connectivity index (χ2n) is 7.09. The molecule has 1 unspecified atom stereocenters. The molecule has 4 rings (SSSR count). The number of ether oxygens (including phenoxy) is 1. The number of alkyl halides is 3. The van der Waals surface area contributed by atoms with E-state index in [1.165, 1.54) is 12.4 Å². The summed E-state index contributed by atoms with van der Waals surface area (Å²) in [5.41, 5.74) is 0.451. The van der Waals surface area contributed by atoms with Gasteiger partial charge in [0.1, 0.15) is 6.73 Å². The number of benzene rings is 1. The summed E-state index contributed by atoms with van der Waals surface area (Å²) in [5.74, 6) is 0.0443. The Labute approximate surface area is 170 Å². The number of carbonyl (C=O) groups excluding carboxylic acids is 1. The van der Waals surface area contributed by atoms with Crippen molar-refractivity contribution in [2.75, 3.05) is 25.2 Å². The van der Waals surface area contributed by atoms with Gasteiger partial charge in [-0.25, -0.2) is 9.97 Å². The van der Waals surface area contributed by atoms with Crippen LogP contribution in [-0.2, 0) is 23.8 Å². The Kier molecular flexibility index (Phi) is 5.35. The minimum Gasteiger partial charge on any atom is -0.361 e. The van der Waals surface area contributed by atoms with E-state index < -0.39 is 11.7 Å². The maximum absolute atomic E-state index is 13.3. The fourth-order valence-electron chi connectivity index (χ4n) is 3.69. The lowest BCUT2D eigenvalue weighted by Gasteiger charge is -2.26. The summed E-state index contributed by atoms with van der Waals surface area (Å²) in [7, 11) is 0. The number of fused-ring (bicyclic) bond motifs is 1. The van der Waals surface area contributed by atoms with Gasteiger partial charge in [0.2, 0.25) is 5.95 Å². The van der Waals surface area contributed by atoms with E-state index >= 15 is 0 Å². The van der Waals surface area contributed by atoms with Gasteiger partial charge in [-0.05, 0) is 42.5 Å². The molecule has 1 aliphatic heterocycles. The molecule has 6 nitrogen and oxygen atoms in total. The van der Waals surface area contributed by atoms with Crippen molar-refractivity contribution in [2.24, 2.45) is 0 Å². The van der Waals surface area contributed by atoms with Crippen molar-refractivity contribution in [3.8, 4) is 0 Å². The SMILES string of the molecule is O=C(c1cnc(NC2Cc3cc(Cl)cc(C(F)(F)F)c3C2)nc1)N1CCCOC1. The first-order chi connectivity index (χ1) is 13.8. The number of hydrogen-bond acceptors (Lipinski definition) is 5. The standard InChI is InChI=1S/C19H18ClF3N4O2/c20-13-4-11-5-14(7-15(11)16(6-13)19(21,22)23)26-18-24-8-12(9-25-18)17(28)27-2-1-3-29-10-27/h4,6,8-9,14H,1-3,5,7,10H2,(H,24,25,26). The molecular formula is C19H18ClF3N4O2. The molecule has 1 atom stereocenters. The Balaban J connectivity index is 1.44. The van der Waals surface area contributed by atoms with Gasteiger partial charge in [-0.2, -0.15) is 13.2 Å². The van der Waals surface area contributed by atoms with Gasteiger partial charge in [-0.15, -0.1) is 0 Å². The molecule has 2 aliphatic rings. The lowest BCUT2D eigenvalue weighted by molar-refractivity contribution is -0.138. The molecule has 1 saturated heterocycles. The lowest BCUT2D eigenvalue weighted by Crippen LogP contribution is -2.38. The number of nitrogens with one attached hydrogen (secondary N) is 1. The normalized spacial score (nSPS) is 19.2. The highest BCUT2D eigenvalue weighted by Gasteiger charge is 2.37. The molecule has 0 radical (unpaired) electrons. The highest BCUT2D eigenvalue weighted by molar-refractivity contribution is 6.30. The van der Waals surface area contributed by atoms with E-state index in [0.29, 0.717) is 30.7 Å². The van der Waals surface area contributed by atoms with Gasteiger partial charge in [-0.1, -0.05) is 11.6 Å². The predicted molar refractivity (Wildman–Crippen MR) is 99.8 cm³/mol. The first-order valence-corrected chi connectivity index (χ1v) is 9.53. The first-order valence-electron chi connectivity index (χ1n) is 9.15. The fraction of sp³-hybridized carbons (Fsp3) is 0.421. The zero-order chi connectivity index (χ0) is 20.6. The highest BCUT2D eigenvalue weighted by Crippen LogP contribution is 2.39. The first kappa shape index (κ1) is 19.9. The topological polar surface area (TPSA) is 67.4 Å². The average molecular weight is 427 g/mol. The summed E-state index contributed by atoms with van der Waals surface area (Å²) in [6.07, 6.45) is -0.289. The van der Waals surface area contributed by atoms with Crippen LogP contribution in [0.1, 0.15) is 33.5 Å². The van der Waals surface area contributed by atoms with E-state index in [1.807, 2.05) is 0 Å². The monoisotopic (exact) mass is 426 g/mol. The summed E-state index contributed by atoms with van der Waals surface area (Å²) in [4.78, 5) is 22.3. The Morgan fingerprint density at radius 3 is 2.66 bits per heavy atom. The summed E-state index contributed by atoms with van der Waals surface area (Å²) in [6.45, 7) is 1.49. The van der Waals surface area contributed by atoms with E-state index in [4.69, 9.17) is 16.3 Å². The van der Waals surface area contributed by atoms with Crippen LogP contribution in [0.2, 0.25) is 5.02 Å². The van der Waals surface area contributed by atoms with Crippen molar-refractivity contribution >= 4 is 23.5 Å². The van der Waals surface area contributed by atoms with E-state index in [0.717, 1.165) is 12.5 Å². The maximum atomic E-state index is 13.3. The van der Waals surface area contributed by atoms with Crippen LogP contribution in [0.3, 0.4) is 0 Å². The van der Waals surface area contributed by atoms with Crippen molar-refractivity contribution in [3.05, 3.63) is 51.8 Å². The summed E-state index contributed by atoms with van der Waals surface area (Å²) < 4.78 is 45.2. The fourth-order valence-corrected chi connectivity index (χ4v) is 3.93. The molecule has 29 heavy (non-hydrogen) atoms. The van der Waals surface area contributed by atoms with Crippen LogP contribution in [0.25, 0.3) is 0 Å². The zero-order valence-corrected chi connectivity index (χ0v) is 16.1. The molecule has 0 saturated carbocycles. The van der Waals surface area contributed by atoms with Crippen molar-refractivity contribution in [3.63, 3.8) is 0 Å². The second-order valence-corrected chi connectivity index (χ2v) is 7.53. The highest BCUT2D eigenvalue weighted by atomic mass is 35.5. The summed E-state index contributed by atoms with van der Waals surface area (Å²) in [5, 5.41) is 3.12. The number of nitrogens with zero attached hydrogens (tertiary/aromatic N) is 3. The largest absolute Gasteiger partial charge is 0.416 e. The Morgan fingerprint density at radius 2 is 2.00 bits per heavy atom. The summed E-state index contributed by atoms with van der Waals surface area (Å²) in [6, 6.07) is 2.24. The average Bonchev–Trinajstić information content (AvgIpc) is 3.09. The summed E-state index contributed by atoms with van der Waals surface area (Å²) >= 11 is 5.86. The maximum Gasteiger partial charge on any atom is 0.416 e. The third-order valence-corrected chi connectivity index (χ3v) is 5.23. The van der Waals surface area contributed by atoms with Gasteiger partial charge in [0.05, 0.1) is 17.7 Å². The van der Waals surface area contributed by atoms with Crippen LogP contribution >= 0.6 is 11.6 Å². The van der Waals surface area contributed by atoms with Crippen LogP contribution in [0.5, 0.6) is 0 Å². The Bertz CT molecular complexity index is 915. The van der Waals surface area contributed by atoms with Gasteiger partial charge in [0, 0.05) is 30.0 Å². The van der Waals surface area contributed by atoms with Crippen molar-refractivity contribution in [1.82, 2.24) is 14.9 Å². The molecule has 1 aromatic carbocycles. The molecule has 2 aromatic rings. The minimum atomic E-state index is -4.46. The molecule has 1 amide bonds. The number of hydrogen-bond donors (Lipinski definition) is 1. The number of carbonyl (C=O) groups is 1. The molecule has 154 valence electrons. The number of anilines is 1. The van der Waals surface area contributed by atoms with E-state index in [1.54, 1.807) is 11.0 Å². The molecule has 1 N–H and O–H groups in total. The molecule has 0 spiro atoms. The van der Waals surface area contributed by atoms with Crippen molar-refractivity contribution in [2.45, 2.75) is 31.5 Å². The van der Waals surface area contributed by atoms with Gasteiger partial charge in [-0.3, -0.25) is 4.79 Å². The quantitative estimate of drug-likeness (QED) is 0.813. The lowest BCUT2D eigenvalue weighted by atomic mass is 10.0. The smallest absolute Gasteiger partial charge is 0.361 e. The van der Waals surface area contributed by atoms with E-state index in [9.17, 15) is 18.0 Å². The molecule has 1 fully saturated rings. The number of aromatic nitrogens is 2. The van der Waals surface area contributed by atoms with Crippen LogP contribution in [0.4, 0.5) is 19.1 Å². The van der Waals surface area contributed by atoms with Gasteiger partial charge in [0.15, 0.2) is 0 Å². The van der Waals surface area contributed by atoms with Crippen LogP contribution in [0.15, 0.2) is 24.5 Å². The molecule has 1 aromatic heterocycles. The Morgan fingerprint density at radius 1 is 1.24 bits per heavy atom. The van der Waals surface area contributed by atoms with Gasteiger partial charge < -0.3 is 15.0 Å². The van der Waals surface area contributed by atoms with Crippen LogP contribution in [-0.4, -0.2) is 46.7 Å². The molecule has 0 bridgehead atoms. The van der Waals surface area contributed by atoms with E-state index in [2.05, 4.69) is 15.3 Å². The van der Waals surface area contributed by atoms with Crippen molar-refractivity contribution in [1.29, 1.82) is 0 Å². The van der Waals surface area contributed by atoms with Crippen LogP contribution in [0, 0.1) is 0 Å². The van der Waals surface area contributed by atoms with Gasteiger partial charge in [0.25, 0.3) is 5.91 Å². The predicted octanol–water partition coefficient (Wildman–Crippen LogP) is 3.55. The zero-order valence-electron chi connectivity index (χ0n) is 15.3. The van der Waals surface area contributed by atoms with E-state index in [-0.39, 0.29) is 41.6 Å². The molecule has 1 aliphatic carbocycles.